The summed E-state index contributed by atoms with van der Waals surface area (Å²) in [7, 11) is 0. The second kappa shape index (κ2) is 8.80. The summed E-state index contributed by atoms with van der Waals surface area (Å²) in [5.74, 6) is 1.49. The Morgan fingerprint density at radius 1 is 1.00 bits per heavy atom. The van der Waals surface area contributed by atoms with Crippen molar-refractivity contribution in [3.63, 3.8) is 0 Å². The molecule has 0 bridgehead atoms. The maximum atomic E-state index is 4.55. The molecule has 1 aliphatic rings. The van der Waals surface area contributed by atoms with Crippen molar-refractivity contribution in [1.29, 1.82) is 0 Å². The zero-order valence-corrected chi connectivity index (χ0v) is 16.2. The van der Waals surface area contributed by atoms with Gasteiger partial charge in [0.1, 0.15) is 5.82 Å². The molecule has 0 aliphatic carbocycles. The standard InChI is InChI=1S/C22H26N6/c1-17-12-24-22(25-13-17)27-19-9-10-21(23-14-19)26-20-8-5-11-28(16-20)15-18-6-3-2-4-7-18/h2-4,6-7,9-10,12-14,20H,5,8,11,15-16H2,1H3,(H,23,26)(H,24,25,27). The monoisotopic (exact) mass is 374 g/mol. The summed E-state index contributed by atoms with van der Waals surface area (Å²) in [6, 6.07) is 15.1. The van der Waals surface area contributed by atoms with Crippen molar-refractivity contribution in [3.8, 4) is 0 Å². The summed E-state index contributed by atoms with van der Waals surface area (Å²) >= 11 is 0. The van der Waals surface area contributed by atoms with Crippen LogP contribution in [0.5, 0.6) is 0 Å². The van der Waals surface area contributed by atoms with Crippen LogP contribution in [0.4, 0.5) is 17.5 Å². The van der Waals surface area contributed by atoms with E-state index in [0.717, 1.165) is 36.7 Å². The zero-order chi connectivity index (χ0) is 19.2. The van der Waals surface area contributed by atoms with Gasteiger partial charge in [0.2, 0.25) is 5.95 Å². The fraction of sp³-hybridized carbons (Fsp3) is 0.318. The molecule has 6 heteroatoms. The van der Waals surface area contributed by atoms with Gasteiger partial charge in [-0.15, -0.1) is 0 Å². The third-order valence-corrected chi connectivity index (χ3v) is 4.91. The third-order valence-electron chi connectivity index (χ3n) is 4.91. The normalized spacial score (nSPS) is 17.2. The van der Waals surface area contributed by atoms with Gasteiger partial charge in [-0.25, -0.2) is 15.0 Å². The van der Waals surface area contributed by atoms with Gasteiger partial charge in [-0.3, -0.25) is 4.90 Å². The predicted octanol–water partition coefficient (Wildman–Crippen LogP) is 4.00. The van der Waals surface area contributed by atoms with Crippen molar-refractivity contribution in [1.82, 2.24) is 19.9 Å². The molecule has 144 valence electrons. The minimum absolute atomic E-state index is 0.421. The van der Waals surface area contributed by atoms with E-state index in [1.165, 1.54) is 18.4 Å². The fourth-order valence-electron chi connectivity index (χ4n) is 3.51. The van der Waals surface area contributed by atoms with Crippen molar-refractivity contribution in [2.75, 3.05) is 23.7 Å². The van der Waals surface area contributed by atoms with Crippen molar-refractivity contribution >= 4 is 17.5 Å². The summed E-state index contributed by atoms with van der Waals surface area (Å²) in [6.45, 7) is 5.16. The number of hydrogen-bond acceptors (Lipinski definition) is 6. The number of aromatic nitrogens is 3. The molecular formula is C22H26N6. The first kappa shape index (κ1) is 18.4. The van der Waals surface area contributed by atoms with Crippen LogP contribution in [0.2, 0.25) is 0 Å². The van der Waals surface area contributed by atoms with Crippen LogP contribution in [0.25, 0.3) is 0 Å². The van der Waals surface area contributed by atoms with Crippen molar-refractivity contribution in [2.45, 2.75) is 32.4 Å². The maximum absolute atomic E-state index is 4.55. The molecule has 2 N–H and O–H groups in total. The summed E-state index contributed by atoms with van der Waals surface area (Å²) in [5, 5.41) is 6.76. The van der Waals surface area contributed by atoms with Crippen LogP contribution in [0, 0.1) is 6.92 Å². The molecule has 0 radical (unpaired) electrons. The molecular weight excluding hydrogens is 348 g/mol. The van der Waals surface area contributed by atoms with Crippen LogP contribution in [-0.4, -0.2) is 39.0 Å². The van der Waals surface area contributed by atoms with E-state index < -0.39 is 0 Å². The Hall–Kier alpha value is -2.99. The zero-order valence-electron chi connectivity index (χ0n) is 16.2. The summed E-state index contributed by atoms with van der Waals surface area (Å²) in [5.41, 5.74) is 3.29. The maximum Gasteiger partial charge on any atom is 0.227 e. The number of nitrogens with one attached hydrogen (secondary N) is 2. The topological polar surface area (TPSA) is 66.0 Å². The Kier molecular flexibility index (Phi) is 5.77. The molecule has 3 aromatic rings. The quantitative estimate of drug-likeness (QED) is 0.680. The Morgan fingerprint density at radius 2 is 1.82 bits per heavy atom. The number of anilines is 3. The number of rotatable bonds is 6. The Balaban J connectivity index is 1.31. The van der Waals surface area contributed by atoms with Gasteiger partial charge in [-0.05, 0) is 49.6 Å². The molecule has 3 heterocycles. The van der Waals surface area contributed by atoms with E-state index >= 15 is 0 Å². The smallest absolute Gasteiger partial charge is 0.227 e. The van der Waals surface area contributed by atoms with Crippen LogP contribution < -0.4 is 10.6 Å². The van der Waals surface area contributed by atoms with Gasteiger partial charge in [0.15, 0.2) is 0 Å². The minimum atomic E-state index is 0.421. The molecule has 0 spiro atoms. The molecule has 6 nitrogen and oxygen atoms in total. The van der Waals surface area contributed by atoms with Crippen LogP contribution in [0.15, 0.2) is 61.1 Å². The SMILES string of the molecule is Cc1cnc(Nc2ccc(NC3CCCN(Cc4ccccc4)C3)nc2)nc1. The molecule has 1 saturated heterocycles. The molecule has 1 fully saturated rings. The Labute approximate surface area is 166 Å². The number of piperidine rings is 1. The second-order valence-electron chi connectivity index (χ2n) is 7.35. The van der Waals surface area contributed by atoms with Gasteiger partial charge in [-0.1, -0.05) is 30.3 Å². The van der Waals surface area contributed by atoms with E-state index in [0.29, 0.717) is 12.0 Å². The number of nitrogens with zero attached hydrogens (tertiary/aromatic N) is 4. The highest BCUT2D eigenvalue weighted by Crippen LogP contribution is 2.19. The van der Waals surface area contributed by atoms with E-state index in [2.05, 4.69) is 60.8 Å². The van der Waals surface area contributed by atoms with Crippen molar-refractivity contribution in [2.24, 2.45) is 0 Å². The molecule has 1 unspecified atom stereocenters. The lowest BCUT2D eigenvalue weighted by Crippen LogP contribution is -2.41. The second-order valence-corrected chi connectivity index (χ2v) is 7.35. The number of aryl methyl sites for hydroxylation is 1. The van der Waals surface area contributed by atoms with Crippen LogP contribution in [-0.2, 0) is 6.54 Å². The van der Waals surface area contributed by atoms with Crippen LogP contribution >= 0.6 is 0 Å². The molecule has 2 aromatic heterocycles. The summed E-state index contributed by atoms with van der Waals surface area (Å²) in [6.07, 6.45) is 7.78. The van der Waals surface area contributed by atoms with Gasteiger partial charge in [-0.2, -0.15) is 0 Å². The highest BCUT2D eigenvalue weighted by Gasteiger charge is 2.20. The van der Waals surface area contributed by atoms with Gasteiger partial charge in [0.05, 0.1) is 11.9 Å². The first-order chi connectivity index (χ1) is 13.7. The highest BCUT2D eigenvalue weighted by atomic mass is 15.2. The molecule has 1 aliphatic heterocycles. The lowest BCUT2D eigenvalue weighted by atomic mass is 10.0. The number of benzene rings is 1. The van der Waals surface area contributed by atoms with E-state index in [-0.39, 0.29) is 0 Å². The average Bonchev–Trinajstić information content (AvgIpc) is 2.72. The molecule has 1 atom stereocenters. The highest BCUT2D eigenvalue weighted by molar-refractivity contribution is 5.54. The molecule has 28 heavy (non-hydrogen) atoms. The van der Waals surface area contributed by atoms with E-state index in [4.69, 9.17) is 0 Å². The van der Waals surface area contributed by atoms with Gasteiger partial charge >= 0.3 is 0 Å². The minimum Gasteiger partial charge on any atom is -0.366 e. The van der Waals surface area contributed by atoms with Gasteiger partial charge < -0.3 is 10.6 Å². The van der Waals surface area contributed by atoms with Crippen molar-refractivity contribution in [3.05, 3.63) is 72.2 Å². The summed E-state index contributed by atoms with van der Waals surface area (Å²) in [4.78, 5) is 15.6. The van der Waals surface area contributed by atoms with Gasteiger partial charge in [0.25, 0.3) is 0 Å². The Bertz CT molecular complexity index is 864. The number of hydrogen-bond donors (Lipinski definition) is 2. The van der Waals surface area contributed by atoms with Crippen LogP contribution in [0.3, 0.4) is 0 Å². The number of pyridine rings is 1. The Morgan fingerprint density at radius 3 is 2.57 bits per heavy atom. The van der Waals surface area contributed by atoms with E-state index in [1.807, 2.05) is 25.3 Å². The molecule has 4 rings (SSSR count). The largest absolute Gasteiger partial charge is 0.366 e. The number of likely N-dealkylation sites (tertiary alicyclic amines) is 1. The average molecular weight is 374 g/mol. The first-order valence-electron chi connectivity index (χ1n) is 9.79. The summed E-state index contributed by atoms with van der Waals surface area (Å²) < 4.78 is 0. The predicted molar refractivity (Wildman–Crippen MR) is 113 cm³/mol. The molecule has 0 amide bonds. The van der Waals surface area contributed by atoms with Crippen LogP contribution in [0.1, 0.15) is 24.0 Å². The lowest BCUT2D eigenvalue weighted by Gasteiger charge is -2.33. The van der Waals surface area contributed by atoms with E-state index in [1.54, 1.807) is 12.4 Å². The first-order valence-corrected chi connectivity index (χ1v) is 9.79. The fourth-order valence-corrected chi connectivity index (χ4v) is 3.51. The third kappa shape index (κ3) is 5.04. The van der Waals surface area contributed by atoms with Gasteiger partial charge in [0, 0.05) is 31.5 Å². The molecule has 1 aromatic carbocycles. The lowest BCUT2D eigenvalue weighted by molar-refractivity contribution is 0.208. The van der Waals surface area contributed by atoms with Crippen molar-refractivity contribution < 1.29 is 0 Å². The van der Waals surface area contributed by atoms with E-state index in [9.17, 15) is 0 Å². The molecule has 0 saturated carbocycles.